The van der Waals surface area contributed by atoms with Crippen molar-refractivity contribution in [2.24, 2.45) is 0 Å². The molecule has 1 atom stereocenters. The lowest BCUT2D eigenvalue weighted by Gasteiger charge is -2.18. The van der Waals surface area contributed by atoms with Gasteiger partial charge in [-0.25, -0.2) is 0 Å². The van der Waals surface area contributed by atoms with E-state index >= 15 is 0 Å². The summed E-state index contributed by atoms with van der Waals surface area (Å²) in [4.78, 5) is 38.3. The van der Waals surface area contributed by atoms with E-state index in [1.807, 2.05) is 0 Å². The highest BCUT2D eigenvalue weighted by molar-refractivity contribution is 5.71. The Morgan fingerprint density at radius 3 is 0.787 bits per heavy atom. The van der Waals surface area contributed by atoms with Crippen molar-refractivity contribution in [1.82, 2.24) is 0 Å². The van der Waals surface area contributed by atoms with Crippen LogP contribution in [-0.2, 0) is 28.6 Å². The lowest BCUT2D eigenvalue weighted by molar-refractivity contribution is -0.167. The standard InChI is InChI=1S/C69H126O6/c1-4-7-10-13-16-19-22-24-26-28-30-32-33-34-35-37-38-40-42-44-47-50-53-56-59-62-68(71)74-65-66(64-73-67(70)61-58-55-52-49-46-21-18-15-12-9-6-3)75-69(72)63-60-57-54-51-48-45-43-41-39-36-31-29-27-25-23-20-17-14-11-8-5-2/h15,18,23,25,28-31,66H,4-14,16-17,19-22,24,26-27,32-65H2,1-3H3/b18-15-,25-23-,30-28-,31-29-. The summed E-state index contributed by atoms with van der Waals surface area (Å²) in [6.45, 7) is 6.63. The number of allylic oxidation sites excluding steroid dienone is 8. The van der Waals surface area contributed by atoms with Crippen LogP contribution in [0.4, 0.5) is 0 Å². The van der Waals surface area contributed by atoms with Gasteiger partial charge in [-0.05, 0) is 96.3 Å². The number of hydrogen-bond donors (Lipinski definition) is 0. The van der Waals surface area contributed by atoms with Gasteiger partial charge in [-0.15, -0.1) is 0 Å². The molecular weight excluding hydrogens is 925 g/mol. The lowest BCUT2D eigenvalue weighted by atomic mass is 10.0. The number of unbranched alkanes of at least 4 members (excludes halogenated alkanes) is 42. The molecule has 0 bridgehead atoms. The van der Waals surface area contributed by atoms with Gasteiger partial charge in [0.1, 0.15) is 13.2 Å². The minimum Gasteiger partial charge on any atom is -0.462 e. The molecule has 0 aliphatic carbocycles. The molecule has 1 unspecified atom stereocenters. The van der Waals surface area contributed by atoms with Crippen molar-refractivity contribution < 1.29 is 28.6 Å². The molecule has 6 nitrogen and oxygen atoms in total. The fourth-order valence-electron chi connectivity index (χ4n) is 9.75. The van der Waals surface area contributed by atoms with Gasteiger partial charge in [-0.3, -0.25) is 14.4 Å². The van der Waals surface area contributed by atoms with Crippen molar-refractivity contribution in [2.75, 3.05) is 13.2 Å². The summed E-state index contributed by atoms with van der Waals surface area (Å²) in [5, 5.41) is 0. The van der Waals surface area contributed by atoms with Gasteiger partial charge in [-0.2, -0.15) is 0 Å². The number of carbonyl (C=O) groups is 3. The molecular formula is C69H126O6. The van der Waals surface area contributed by atoms with Crippen LogP contribution in [0.3, 0.4) is 0 Å². The molecule has 0 rings (SSSR count). The van der Waals surface area contributed by atoms with E-state index in [9.17, 15) is 14.4 Å². The van der Waals surface area contributed by atoms with Gasteiger partial charge in [0.15, 0.2) is 6.10 Å². The van der Waals surface area contributed by atoms with Crippen LogP contribution in [0.15, 0.2) is 48.6 Å². The van der Waals surface area contributed by atoms with Crippen molar-refractivity contribution in [3.8, 4) is 0 Å². The number of rotatable bonds is 61. The van der Waals surface area contributed by atoms with Crippen LogP contribution >= 0.6 is 0 Å². The first-order valence-corrected chi connectivity index (χ1v) is 33.1. The van der Waals surface area contributed by atoms with Crippen LogP contribution in [0.1, 0.15) is 355 Å². The summed E-state index contributed by atoms with van der Waals surface area (Å²) in [6, 6.07) is 0. The Labute approximate surface area is 467 Å². The maximum atomic E-state index is 12.9. The van der Waals surface area contributed by atoms with Gasteiger partial charge in [0.05, 0.1) is 0 Å². The zero-order valence-corrected chi connectivity index (χ0v) is 50.3. The Balaban J connectivity index is 4.23. The third-order valence-electron chi connectivity index (χ3n) is 14.8. The van der Waals surface area contributed by atoms with Crippen LogP contribution in [0.5, 0.6) is 0 Å². The molecule has 438 valence electrons. The van der Waals surface area contributed by atoms with Crippen LogP contribution < -0.4 is 0 Å². The second kappa shape index (κ2) is 63.9. The average Bonchev–Trinajstić information content (AvgIpc) is 3.41. The van der Waals surface area contributed by atoms with Crippen LogP contribution in [0.2, 0.25) is 0 Å². The van der Waals surface area contributed by atoms with Gasteiger partial charge in [0, 0.05) is 19.3 Å². The summed E-state index contributed by atoms with van der Waals surface area (Å²) >= 11 is 0. The van der Waals surface area contributed by atoms with E-state index in [1.165, 1.54) is 244 Å². The van der Waals surface area contributed by atoms with Crippen LogP contribution in [-0.4, -0.2) is 37.2 Å². The van der Waals surface area contributed by atoms with E-state index < -0.39 is 6.10 Å². The van der Waals surface area contributed by atoms with E-state index in [-0.39, 0.29) is 31.1 Å². The maximum absolute atomic E-state index is 12.9. The fourth-order valence-corrected chi connectivity index (χ4v) is 9.75. The number of esters is 3. The first-order chi connectivity index (χ1) is 37.0. The normalized spacial score (nSPS) is 12.3. The first-order valence-electron chi connectivity index (χ1n) is 33.1. The predicted molar refractivity (Wildman–Crippen MR) is 325 cm³/mol. The van der Waals surface area contributed by atoms with Gasteiger partial charge in [-0.1, -0.05) is 288 Å². The Hall–Kier alpha value is -2.63. The zero-order valence-electron chi connectivity index (χ0n) is 50.3. The van der Waals surface area contributed by atoms with Crippen LogP contribution in [0, 0.1) is 0 Å². The molecule has 0 saturated heterocycles. The van der Waals surface area contributed by atoms with Crippen molar-refractivity contribution in [3.63, 3.8) is 0 Å². The first kappa shape index (κ1) is 72.4. The smallest absolute Gasteiger partial charge is 0.306 e. The van der Waals surface area contributed by atoms with E-state index in [0.29, 0.717) is 19.3 Å². The van der Waals surface area contributed by atoms with Crippen molar-refractivity contribution in [1.29, 1.82) is 0 Å². The number of hydrogen-bond acceptors (Lipinski definition) is 6. The molecule has 0 N–H and O–H groups in total. The molecule has 0 fully saturated rings. The molecule has 0 aromatic carbocycles. The highest BCUT2D eigenvalue weighted by atomic mass is 16.6. The molecule has 0 aromatic rings. The van der Waals surface area contributed by atoms with E-state index in [0.717, 1.165) is 70.6 Å². The lowest BCUT2D eigenvalue weighted by Crippen LogP contribution is -2.30. The minimum atomic E-state index is -0.778. The third-order valence-corrected chi connectivity index (χ3v) is 14.8. The topological polar surface area (TPSA) is 78.9 Å². The summed E-state index contributed by atoms with van der Waals surface area (Å²) in [5.41, 5.74) is 0. The van der Waals surface area contributed by atoms with Crippen molar-refractivity contribution in [2.45, 2.75) is 361 Å². The van der Waals surface area contributed by atoms with E-state index in [1.54, 1.807) is 0 Å². The molecule has 0 aliphatic heterocycles. The Kier molecular flexibility index (Phi) is 61.7. The molecule has 75 heavy (non-hydrogen) atoms. The van der Waals surface area contributed by atoms with E-state index in [2.05, 4.69) is 69.4 Å². The molecule has 0 aliphatic rings. The highest BCUT2D eigenvalue weighted by Gasteiger charge is 2.19. The monoisotopic (exact) mass is 1050 g/mol. The summed E-state index contributed by atoms with van der Waals surface area (Å²) in [7, 11) is 0. The largest absolute Gasteiger partial charge is 0.462 e. The summed E-state index contributed by atoms with van der Waals surface area (Å²) in [6.07, 6.45) is 79.9. The van der Waals surface area contributed by atoms with Gasteiger partial charge in [0.25, 0.3) is 0 Å². The van der Waals surface area contributed by atoms with Gasteiger partial charge in [0.2, 0.25) is 0 Å². The molecule has 0 amide bonds. The Morgan fingerprint density at radius 1 is 0.267 bits per heavy atom. The molecule has 0 saturated carbocycles. The van der Waals surface area contributed by atoms with Crippen molar-refractivity contribution in [3.05, 3.63) is 48.6 Å². The van der Waals surface area contributed by atoms with Crippen molar-refractivity contribution >= 4 is 17.9 Å². The fraction of sp³-hybridized carbons (Fsp3) is 0.841. The summed E-state index contributed by atoms with van der Waals surface area (Å²) < 4.78 is 16.9. The second-order valence-electron chi connectivity index (χ2n) is 22.4. The maximum Gasteiger partial charge on any atom is 0.306 e. The molecule has 6 heteroatoms. The average molecular weight is 1050 g/mol. The predicted octanol–water partition coefficient (Wildman–Crippen LogP) is 22.6. The SMILES string of the molecule is CCCC/C=C\CCCCCCCC(=O)OCC(COC(=O)CCCCCCCCCCCCCCC/C=C\CCCCCCCCCC)OC(=O)CCCCCCCCCCC/C=C\C/C=C\CCCCCCC. The molecule has 0 radical (unpaired) electrons. The van der Waals surface area contributed by atoms with Gasteiger partial charge >= 0.3 is 17.9 Å². The Morgan fingerprint density at radius 2 is 0.493 bits per heavy atom. The zero-order chi connectivity index (χ0) is 54.3. The third kappa shape index (κ3) is 62.1. The Bertz CT molecular complexity index is 1300. The number of carbonyl (C=O) groups excluding carboxylic acids is 3. The molecule has 0 spiro atoms. The van der Waals surface area contributed by atoms with Gasteiger partial charge < -0.3 is 14.2 Å². The van der Waals surface area contributed by atoms with E-state index in [4.69, 9.17) is 14.2 Å². The van der Waals surface area contributed by atoms with Crippen LogP contribution in [0.25, 0.3) is 0 Å². The highest BCUT2D eigenvalue weighted by Crippen LogP contribution is 2.17. The number of ether oxygens (including phenoxy) is 3. The minimum absolute atomic E-state index is 0.0749. The quantitative estimate of drug-likeness (QED) is 0.0261. The molecule has 0 heterocycles. The molecule has 0 aromatic heterocycles. The second-order valence-corrected chi connectivity index (χ2v) is 22.4. The summed E-state index contributed by atoms with van der Waals surface area (Å²) in [5.74, 6) is -0.870.